The van der Waals surface area contributed by atoms with Crippen LogP contribution in [0.4, 0.5) is 5.69 Å². The highest BCUT2D eigenvalue weighted by Gasteiger charge is 2.35. The van der Waals surface area contributed by atoms with Gasteiger partial charge in [0.05, 0.1) is 38.8 Å². The lowest BCUT2D eigenvalue weighted by molar-refractivity contribution is -0.130. The Morgan fingerprint density at radius 1 is 0.911 bits per heavy atom. The Kier molecular flexibility index (Phi) is 7.81. The highest BCUT2D eigenvalue weighted by Crippen LogP contribution is 2.40. The molecular weight excluding hydrogens is 590 g/mol. The molecule has 0 saturated heterocycles. The molecule has 3 aromatic carbocycles. The van der Waals surface area contributed by atoms with E-state index in [-0.39, 0.29) is 23.9 Å². The van der Waals surface area contributed by atoms with Crippen LogP contribution in [0.5, 0.6) is 0 Å². The fourth-order valence-corrected chi connectivity index (χ4v) is 6.77. The summed E-state index contributed by atoms with van der Waals surface area (Å²) in [6.45, 7) is 0.593. The van der Waals surface area contributed by atoms with Gasteiger partial charge in [0.2, 0.25) is 5.91 Å². The molecule has 7 rings (SSSR count). The van der Waals surface area contributed by atoms with Gasteiger partial charge in [-0.2, -0.15) is 0 Å². The number of imidazole rings is 2. The number of benzene rings is 3. The summed E-state index contributed by atoms with van der Waals surface area (Å²) in [7, 11) is 0. The number of hydrogen-bond donors (Lipinski definition) is 5. The molecule has 0 bridgehead atoms. The molecule has 2 aliphatic carbocycles. The number of nitrogens with zero attached hydrogens (tertiary/aromatic N) is 2. The average molecular weight is 626 g/mol. The molecule has 0 unspecified atom stereocenters. The monoisotopic (exact) mass is 625 g/mol. The van der Waals surface area contributed by atoms with Crippen molar-refractivity contribution in [2.24, 2.45) is 23.3 Å². The Bertz CT molecular complexity index is 1950. The maximum Gasteiger partial charge on any atom is 0.323 e. The van der Waals surface area contributed by atoms with Gasteiger partial charge in [0.25, 0.3) is 5.91 Å². The Balaban J connectivity index is 1.12. The van der Waals surface area contributed by atoms with E-state index in [9.17, 15) is 14.4 Å². The van der Waals surface area contributed by atoms with Crippen molar-refractivity contribution >= 4 is 51.2 Å². The third kappa shape index (κ3) is 5.93. The van der Waals surface area contributed by atoms with Gasteiger partial charge in [-0.05, 0) is 98.9 Å². The molecule has 2 aliphatic rings. The Labute approximate surface area is 264 Å². The molecule has 45 heavy (non-hydrogen) atoms. The summed E-state index contributed by atoms with van der Waals surface area (Å²) in [4.78, 5) is 54.5. The van der Waals surface area contributed by atoms with Gasteiger partial charge in [0.15, 0.2) is 0 Å². The van der Waals surface area contributed by atoms with E-state index >= 15 is 0 Å². The van der Waals surface area contributed by atoms with Gasteiger partial charge >= 0.3 is 5.69 Å². The maximum atomic E-state index is 14.0. The van der Waals surface area contributed by atoms with Crippen molar-refractivity contribution < 1.29 is 9.59 Å². The van der Waals surface area contributed by atoms with E-state index in [1.54, 1.807) is 18.2 Å². The summed E-state index contributed by atoms with van der Waals surface area (Å²) >= 11 is 6.67. The number of imide groups is 1. The third-order valence-electron chi connectivity index (χ3n) is 9.32. The van der Waals surface area contributed by atoms with Crippen LogP contribution in [-0.4, -0.2) is 44.3 Å². The summed E-state index contributed by atoms with van der Waals surface area (Å²) in [6.07, 6.45) is 5.59. The zero-order valence-electron chi connectivity index (χ0n) is 24.8. The van der Waals surface area contributed by atoms with E-state index < -0.39 is 11.9 Å². The normalized spacial score (nSPS) is 19.2. The number of anilines is 1. The zero-order chi connectivity index (χ0) is 31.2. The number of carbonyl (C=O) groups excluding carboxylic acids is 2. The summed E-state index contributed by atoms with van der Waals surface area (Å²) in [5.74, 6) is 0.864. The SMILES string of the molecule is NCC1CCC(C(=O)N(C(=O)[C@@H](N)Cc2ccc(-c3cc4nc(C5CC5)[nH]c4cc3Cl)cc2)c2ccc3[nH]c(=O)[nH]c3c2)CC1. The van der Waals surface area contributed by atoms with Gasteiger partial charge < -0.3 is 26.4 Å². The Morgan fingerprint density at radius 2 is 1.64 bits per heavy atom. The number of aromatic amines is 3. The Hall–Kier alpha value is -4.25. The molecule has 0 radical (unpaired) electrons. The van der Waals surface area contributed by atoms with Crippen LogP contribution in [0.1, 0.15) is 55.8 Å². The van der Waals surface area contributed by atoms with Gasteiger partial charge in [0, 0.05) is 17.4 Å². The third-order valence-corrected chi connectivity index (χ3v) is 9.63. The van der Waals surface area contributed by atoms with Crippen molar-refractivity contribution in [1.29, 1.82) is 0 Å². The molecule has 2 amide bonds. The zero-order valence-corrected chi connectivity index (χ0v) is 25.6. The average Bonchev–Trinajstić information content (AvgIpc) is 3.71. The van der Waals surface area contributed by atoms with Gasteiger partial charge in [-0.3, -0.25) is 9.59 Å². The fourth-order valence-electron chi connectivity index (χ4n) is 6.50. The quantitative estimate of drug-likeness (QED) is 0.160. The lowest BCUT2D eigenvalue weighted by Crippen LogP contribution is -2.50. The first-order valence-corrected chi connectivity index (χ1v) is 16.0. The maximum absolute atomic E-state index is 14.0. The predicted octanol–water partition coefficient (Wildman–Crippen LogP) is 5.13. The van der Waals surface area contributed by atoms with E-state index in [0.717, 1.165) is 59.2 Å². The number of rotatable bonds is 8. The van der Waals surface area contributed by atoms with Crippen LogP contribution in [0.25, 0.3) is 33.2 Å². The van der Waals surface area contributed by atoms with Crippen LogP contribution in [0, 0.1) is 11.8 Å². The van der Waals surface area contributed by atoms with Crippen LogP contribution in [0.3, 0.4) is 0 Å². The minimum absolute atomic E-state index is 0.239. The number of halogens is 1. The van der Waals surface area contributed by atoms with Crippen LogP contribution < -0.4 is 22.1 Å². The number of aromatic nitrogens is 4. The van der Waals surface area contributed by atoms with E-state index in [0.29, 0.717) is 53.0 Å². The van der Waals surface area contributed by atoms with Gasteiger partial charge in [-0.1, -0.05) is 35.9 Å². The molecule has 232 valence electrons. The van der Waals surface area contributed by atoms with Crippen molar-refractivity contribution in [2.45, 2.75) is 56.9 Å². The van der Waals surface area contributed by atoms with E-state index in [4.69, 9.17) is 28.1 Å². The number of carbonyl (C=O) groups is 2. The smallest absolute Gasteiger partial charge is 0.323 e. The minimum Gasteiger partial charge on any atom is -0.342 e. The van der Waals surface area contributed by atoms with Crippen molar-refractivity contribution in [3.8, 4) is 11.1 Å². The topological polar surface area (TPSA) is 167 Å². The lowest BCUT2D eigenvalue weighted by Gasteiger charge is -2.32. The molecule has 1 atom stereocenters. The standard InChI is InChI=1S/C34H36ClN7O3/c35-25-16-30-29(38-31(39-30)21-9-10-21)15-24(25)20-5-1-18(2-6-20)13-26(37)33(44)42(32(43)22-7-3-19(17-36)4-8-22)23-11-12-27-28(14-23)41-34(45)40-27/h1-2,5-6,11-12,14-16,19,21-22,26H,3-4,7-10,13,17,36-37H2,(H,38,39)(H2,40,41,45)/t19?,22?,26-/m0/s1. The van der Waals surface area contributed by atoms with Crippen LogP contribution in [0.2, 0.25) is 5.02 Å². The van der Waals surface area contributed by atoms with Crippen molar-refractivity contribution in [3.63, 3.8) is 0 Å². The van der Waals surface area contributed by atoms with Crippen LogP contribution in [-0.2, 0) is 16.0 Å². The first-order valence-electron chi connectivity index (χ1n) is 15.6. The fraction of sp³-hybridized carbons (Fsp3) is 0.353. The molecule has 5 aromatic rings. The molecular formula is C34H36ClN7O3. The number of fused-ring (bicyclic) bond motifs is 2. The highest BCUT2D eigenvalue weighted by molar-refractivity contribution is 6.34. The van der Waals surface area contributed by atoms with E-state index in [1.807, 2.05) is 36.4 Å². The molecule has 10 nitrogen and oxygen atoms in total. The van der Waals surface area contributed by atoms with Crippen molar-refractivity contribution in [3.05, 3.63) is 81.5 Å². The summed E-state index contributed by atoms with van der Waals surface area (Å²) in [5.41, 5.74) is 18.0. The first-order chi connectivity index (χ1) is 21.8. The van der Waals surface area contributed by atoms with Crippen LogP contribution >= 0.6 is 11.6 Å². The second-order valence-electron chi connectivity index (χ2n) is 12.5. The molecule has 0 spiro atoms. The molecule has 11 heteroatoms. The first kappa shape index (κ1) is 29.5. The van der Waals surface area contributed by atoms with E-state index in [1.165, 1.54) is 4.90 Å². The number of H-pyrrole nitrogens is 3. The molecule has 7 N–H and O–H groups in total. The highest BCUT2D eigenvalue weighted by atomic mass is 35.5. The second kappa shape index (κ2) is 11.9. The summed E-state index contributed by atoms with van der Waals surface area (Å²) in [6, 6.07) is 15.7. The number of nitrogens with two attached hydrogens (primary N) is 2. The van der Waals surface area contributed by atoms with E-state index in [2.05, 4.69) is 15.0 Å². The van der Waals surface area contributed by atoms with Crippen molar-refractivity contribution in [2.75, 3.05) is 11.4 Å². The number of hydrogen-bond acceptors (Lipinski definition) is 6. The molecule has 0 aliphatic heterocycles. The van der Waals surface area contributed by atoms with Gasteiger partial charge in [-0.15, -0.1) is 0 Å². The second-order valence-corrected chi connectivity index (χ2v) is 12.9. The molecule has 2 fully saturated rings. The predicted molar refractivity (Wildman–Crippen MR) is 176 cm³/mol. The Morgan fingerprint density at radius 3 is 2.36 bits per heavy atom. The molecule has 2 aromatic heterocycles. The van der Waals surface area contributed by atoms with Crippen LogP contribution in [0.15, 0.2) is 59.4 Å². The number of nitrogens with one attached hydrogen (secondary N) is 3. The number of amides is 2. The lowest BCUT2D eigenvalue weighted by atomic mass is 9.81. The van der Waals surface area contributed by atoms with Gasteiger partial charge in [0.1, 0.15) is 5.82 Å². The van der Waals surface area contributed by atoms with Gasteiger partial charge in [-0.25, -0.2) is 14.7 Å². The minimum atomic E-state index is -0.967. The largest absolute Gasteiger partial charge is 0.342 e. The summed E-state index contributed by atoms with van der Waals surface area (Å²) < 4.78 is 0. The van der Waals surface area contributed by atoms with Crippen molar-refractivity contribution in [1.82, 2.24) is 19.9 Å². The summed E-state index contributed by atoms with van der Waals surface area (Å²) in [5, 5.41) is 0.628. The molecule has 2 heterocycles. The molecule has 2 saturated carbocycles.